The Kier molecular flexibility index (Phi) is 2.57. The van der Waals surface area contributed by atoms with Crippen LogP contribution in [0.2, 0.25) is 0 Å². The van der Waals surface area contributed by atoms with Crippen molar-refractivity contribution in [3.8, 4) is 0 Å². The highest BCUT2D eigenvalue weighted by Crippen LogP contribution is 2.67. The van der Waals surface area contributed by atoms with E-state index in [1.54, 1.807) is 6.20 Å². The van der Waals surface area contributed by atoms with Crippen molar-refractivity contribution in [2.75, 3.05) is 0 Å². The molecule has 22 heavy (non-hydrogen) atoms. The summed E-state index contributed by atoms with van der Waals surface area (Å²) in [6.07, 6.45) is 8.15. The molecule has 3 fully saturated rings. The van der Waals surface area contributed by atoms with Crippen molar-refractivity contribution in [2.24, 2.45) is 5.41 Å². The zero-order chi connectivity index (χ0) is 15.8. The molecule has 5 nitrogen and oxygen atoms in total. The predicted octanol–water partition coefficient (Wildman–Crippen LogP) is 2.33. The molecule has 0 radical (unpaired) electrons. The number of hydrogen-bond donors (Lipinski definition) is 0. The van der Waals surface area contributed by atoms with Gasteiger partial charge in [-0.05, 0) is 46.0 Å². The van der Waals surface area contributed by atoms with Gasteiger partial charge in [-0.2, -0.15) is 9.78 Å². The maximum atomic E-state index is 7.60. The first-order valence-electron chi connectivity index (χ1n) is 8.00. The van der Waals surface area contributed by atoms with E-state index in [1.807, 2.05) is 38.6 Å². The van der Waals surface area contributed by atoms with Crippen molar-refractivity contribution in [3.63, 3.8) is 0 Å². The first-order chi connectivity index (χ1) is 10.2. The minimum atomic E-state index is -0.474. The Hall–Kier alpha value is -1.32. The molecule has 2 aliphatic carbocycles. The molecular formula is C16H22BN3O2. The highest BCUT2D eigenvalue weighted by molar-refractivity contribution is 6.62. The minimum absolute atomic E-state index is 0.355. The van der Waals surface area contributed by atoms with Crippen molar-refractivity contribution in [2.45, 2.75) is 70.2 Å². The highest BCUT2D eigenvalue weighted by atomic mass is 16.7. The Bertz CT molecular complexity index is 645. The fourth-order valence-corrected chi connectivity index (χ4v) is 3.64. The Morgan fingerprint density at radius 1 is 1.18 bits per heavy atom. The second-order valence-corrected chi connectivity index (χ2v) is 8.25. The van der Waals surface area contributed by atoms with Crippen LogP contribution in [0.3, 0.4) is 0 Å². The third-order valence-corrected chi connectivity index (χ3v) is 6.04. The lowest BCUT2D eigenvalue weighted by Gasteiger charge is -2.38. The van der Waals surface area contributed by atoms with Crippen molar-refractivity contribution < 1.29 is 9.31 Å². The molecule has 116 valence electrons. The minimum Gasteiger partial charge on any atom is -0.399 e. The maximum Gasteiger partial charge on any atom is 0.498 e. The van der Waals surface area contributed by atoms with Crippen LogP contribution in [0.4, 0.5) is 0 Å². The first-order valence-corrected chi connectivity index (χ1v) is 8.00. The maximum absolute atomic E-state index is 7.60. The van der Waals surface area contributed by atoms with Crippen LogP contribution in [0.1, 0.15) is 53.4 Å². The van der Waals surface area contributed by atoms with Crippen molar-refractivity contribution in [1.82, 2.24) is 9.78 Å². The topological polar surface area (TPSA) is 40.6 Å². The zero-order valence-corrected chi connectivity index (χ0v) is 13.7. The Labute approximate surface area is 131 Å². The summed E-state index contributed by atoms with van der Waals surface area (Å²) >= 11 is 0. The van der Waals surface area contributed by atoms with Crippen molar-refractivity contribution >= 4 is 12.6 Å². The van der Waals surface area contributed by atoms with Gasteiger partial charge >= 0.3 is 12.8 Å². The number of hydrogen-bond acceptors (Lipinski definition) is 3. The van der Waals surface area contributed by atoms with E-state index in [9.17, 15) is 0 Å². The first kappa shape index (κ1) is 14.3. The normalized spacial score (nSPS) is 29.1. The molecule has 0 aromatic carbocycles. The zero-order valence-electron chi connectivity index (χ0n) is 13.7. The summed E-state index contributed by atoms with van der Waals surface area (Å²) in [5.41, 5.74) is 0.176. The number of aromatic nitrogens is 2. The lowest BCUT2D eigenvalue weighted by atomic mass is 9.71. The molecule has 0 atom stereocenters. The molecule has 0 N–H and O–H groups in total. The summed E-state index contributed by atoms with van der Waals surface area (Å²) in [4.78, 5) is 3.90. The summed E-state index contributed by atoms with van der Waals surface area (Å²) in [6, 6.07) is 0. The van der Waals surface area contributed by atoms with E-state index < -0.39 is 12.8 Å². The van der Waals surface area contributed by atoms with Crippen molar-refractivity contribution in [3.05, 3.63) is 23.8 Å². The van der Waals surface area contributed by atoms with Crippen molar-refractivity contribution in [1.29, 1.82) is 0 Å². The molecule has 1 aromatic heterocycles. The van der Waals surface area contributed by atoms with Gasteiger partial charge in [-0.3, -0.25) is 4.85 Å². The average molecular weight is 299 g/mol. The van der Waals surface area contributed by atoms with Crippen LogP contribution in [-0.4, -0.2) is 28.1 Å². The lowest BCUT2D eigenvalue weighted by molar-refractivity contribution is 0.00578. The van der Waals surface area contributed by atoms with E-state index in [-0.39, 0.29) is 11.2 Å². The molecule has 1 aromatic rings. The quantitative estimate of drug-likeness (QED) is 0.621. The predicted molar refractivity (Wildman–Crippen MR) is 83.4 cm³/mol. The number of rotatable bonds is 2. The van der Waals surface area contributed by atoms with E-state index in [2.05, 4.69) is 9.94 Å². The molecule has 2 saturated carbocycles. The van der Waals surface area contributed by atoms with Gasteiger partial charge in [-0.25, -0.2) is 6.57 Å². The van der Waals surface area contributed by atoms with E-state index >= 15 is 0 Å². The van der Waals surface area contributed by atoms with Crippen LogP contribution in [0, 0.1) is 12.0 Å². The Balaban J connectivity index is 1.57. The van der Waals surface area contributed by atoms with E-state index in [0.29, 0.717) is 5.41 Å². The van der Waals surface area contributed by atoms with E-state index in [0.717, 1.165) is 18.3 Å². The van der Waals surface area contributed by atoms with Gasteiger partial charge in [0.15, 0.2) is 0 Å². The summed E-state index contributed by atoms with van der Waals surface area (Å²) in [7, 11) is -0.406. The summed E-state index contributed by atoms with van der Waals surface area (Å²) in [5, 5.41) is 4.46. The van der Waals surface area contributed by atoms with E-state index in [4.69, 9.17) is 15.9 Å². The molecule has 1 saturated heterocycles. The highest BCUT2D eigenvalue weighted by Gasteiger charge is 2.68. The number of nitrogens with zero attached hydrogens (tertiary/aromatic N) is 3. The molecule has 0 bridgehead atoms. The van der Waals surface area contributed by atoms with Crippen LogP contribution in [0.5, 0.6) is 0 Å². The van der Waals surface area contributed by atoms with Crippen LogP contribution in [0.25, 0.3) is 4.85 Å². The van der Waals surface area contributed by atoms with Gasteiger partial charge in [0.2, 0.25) is 0 Å². The Morgan fingerprint density at radius 2 is 1.77 bits per heavy atom. The molecule has 4 rings (SSSR count). The van der Waals surface area contributed by atoms with Gasteiger partial charge in [0, 0.05) is 17.9 Å². The van der Waals surface area contributed by atoms with Gasteiger partial charge in [0.05, 0.1) is 24.0 Å². The van der Waals surface area contributed by atoms with Crippen LogP contribution < -0.4 is 5.46 Å². The van der Waals surface area contributed by atoms with Gasteiger partial charge in [0.1, 0.15) is 0 Å². The fraction of sp³-hybridized carbons (Fsp3) is 0.750. The second kappa shape index (κ2) is 3.96. The second-order valence-electron chi connectivity index (χ2n) is 8.25. The standard InChI is InChI=1S/C16H22BN3O2/c1-13(2)14(3,4)22-17(21-13)12-8-19-20(9-12)16(18-5)10-15(11-16)6-7-15/h8-9H,6-7,10-11H2,1-4H3. The third kappa shape index (κ3) is 1.82. The average Bonchev–Trinajstić information content (AvgIpc) is 2.94. The van der Waals surface area contributed by atoms with Crippen LogP contribution in [-0.2, 0) is 15.0 Å². The largest absolute Gasteiger partial charge is 0.498 e. The molecule has 3 aliphatic rings. The summed E-state index contributed by atoms with van der Waals surface area (Å²) < 4.78 is 14.0. The SMILES string of the molecule is [C-]#[N+]C1(n2cc(B3OC(C)(C)C(C)(C)O3)cn2)CC2(CC2)C1. The lowest BCUT2D eigenvalue weighted by Crippen LogP contribution is -2.45. The smallest absolute Gasteiger partial charge is 0.399 e. The molecule has 2 heterocycles. The van der Waals surface area contributed by atoms with Gasteiger partial charge in [-0.15, -0.1) is 0 Å². The van der Waals surface area contributed by atoms with Gasteiger partial charge < -0.3 is 9.31 Å². The molecule has 1 spiro atoms. The van der Waals surface area contributed by atoms with Crippen LogP contribution in [0.15, 0.2) is 12.4 Å². The molecule has 1 aliphatic heterocycles. The monoisotopic (exact) mass is 299 g/mol. The van der Waals surface area contributed by atoms with Crippen LogP contribution >= 0.6 is 0 Å². The van der Waals surface area contributed by atoms with E-state index in [1.165, 1.54) is 12.8 Å². The van der Waals surface area contributed by atoms with Gasteiger partial charge in [-0.1, -0.05) is 0 Å². The van der Waals surface area contributed by atoms with Gasteiger partial charge in [0.25, 0.3) is 0 Å². The fourth-order valence-electron chi connectivity index (χ4n) is 3.64. The summed E-state index contributed by atoms with van der Waals surface area (Å²) in [6.45, 7) is 15.8. The molecule has 0 unspecified atom stereocenters. The Morgan fingerprint density at radius 3 is 2.27 bits per heavy atom. The molecule has 6 heteroatoms. The third-order valence-electron chi connectivity index (χ3n) is 6.04. The summed E-state index contributed by atoms with van der Waals surface area (Å²) in [5.74, 6) is 0. The molecule has 0 amide bonds. The molecular weight excluding hydrogens is 277 g/mol.